The zero-order valence-corrected chi connectivity index (χ0v) is 11.2. The van der Waals surface area contributed by atoms with Crippen molar-refractivity contribution in [3.05, 3.63) is 36.1 Å². The number of nitrogens with two attached hydrogens (primary N) is 1. The molecule has 1 fully saturated rings. The number of nitrogens with zero attached hydrogens (tertiary/aromatic N) is 1. The van der Waals surface area contributed by atoms with E-state index in [0.717, 1.165) is 42.9 Å². The van der Waals surface area contributed by atoms with Crippen molar-refractivity contribution >= 4 is 11.0 Å². The van der Waals surface area contributed by atoms with Crippen molar-refractivity contribution in [2.24, 2.45) is 5.73 Å². The fourth-order valence-corrected chi connectivity index (χ4v) is 2.60. The summed E-state index contributed by atoms with van der Waals surface area (Å²) in [6.07, 6.45) is 1.09. The Morgan fingerprint density at radius 3 is 3.00 bits per heavy atom. The predicted molar refractivity (Wildman–Crippen MR) is 75.0 cm³/mol. The summed E-state index contributed by atoms with van der Waals surface area (Å²) in [6, 6.07) is 10.4. The largest absolute Gasteiger partial charge is 0.459 e. The molecule has 1 aromatic heterocycles. The maximum atomic E-state index is 6.25. The van der Waals surface area contributed by atoms with E-state index < -0.39 is 0 Å². The minimum Gasteiger partial charge on any atom is -0.459 e. The Balaban J connectivity index is 1.70. The number of hydrogen-bond donors (Lipinski definition) is 1. The summed E-state index contributed by atoms with van der Waals surface area (Å²) in [4.78, 5) is 2.27. The van der Waals surface area contributed by atoms with Crippen molar-refractivity contribution in [3.8, 4) is 0 Å². The number of benzene rings is 1. The monoisotopic (exact) mass is 260 g/mol. The van der Waals surface area contributed by atoms with E-state index in [-0.39, 0.29) is 6.04 Å². The molecule has 1 aliphatic rings. The van der Waals surface area contributed by atoms with Gasteiger partial charge in [0.1, 0.15) is 11.3 Å². The van der Waals surface area contributed by atoms with Gasteiger partial charge in [-0.3, -0.25) is 4.90 Å². The lowest BCUT2D eigenvalue weighted by atomic mass is 10.1. The Bertz CT molecular complexity index is 513. The van der Waals surface area contributed by atoms with Crippen LogP contribution in [0.2, 0.25) is 0 Å². The van der Waals surface area contributed by atoms with Gasteiger partial charge >= 0.3 is 0 Å². The molecule has 1 saturated heterocycles. The van der Waals surface area contributed by atoms with E-state index in [1.807, 2.05) is 30.3 Å². The van der Waals surface area contributed by atoms with Gasteiger partial charge in [-0.2, -0.15) is 0 Å². The molecule has 102 valence electrons. The van der Waals surface area contributed by atoms with Gasteiger partial charge in [0.2, 0.25) is 0 Å². The molecule has 1 aliphatic heterocycles. The van der Waals surface area contributed by atoms with Crippen LogP contribution in [-0.2, 0) is 4.74 Å². The van der Waals surface area contributed by atoms with Gasteiger partial charge in [-0.1, -0.05) is 18.2 Å². The standard InChI is InChI=1S/C15H20N2O2/c1-17(12-6-7-18-10-12)9-13(16)15-8-11-4-2-3-5-14(11)19-15/h2-5,8,12-13H,6-7,9-10,16H2,1H3. The molecule has 1 aromatic carbocycles. The fraction of sp³-hybridized carbons (Fsp3) is 0.467. The summed E-state index contributed by atoms with van der Waals surface area (Å²) in [5.74, 6) is 0.854. The van der Waals surface area contributed by atoms with Crippen LogP contribution in [0.5, 0.6) is 0 Å². The molecule has 2 aromatic rings. The molecule has 19 heavy (non-hydrogen) atoms. The van der Waals surface area contributed by atoms with E-state index in [1.165, 1.54) is 0 Å². The zero-order valence-electron chi connectivity index (χ0n) is 11.2. The van der Waals surface area contributed by atoms with E-state index in [4.69, 9.17) is 14.9 Å². The molecule has 0 saturated carbocycles. The van der Waals surface area contributed by atoms with Crippen molar-refractivity contribution in [2.75, 3.05) is 26.8 Å². The Hall–Kier alpha value is -1.36. The number of ether oxygens (including phenoxy) is 1. The van der Waals surface area contributed by atoms with Gasteiger partial charge in [0.15, 0.2) is 0 Å². The number of rotatable bonds is 4. The van der Waals surface area contributed by atoms with Crippen LogP contribution in [0.25, 0.3) is 11.0 Å². The summed E-state index contributed by atoms with van der Waals surface area (Å²) in [6.45, 7) is 2.45. The van der Waals surface area contributed by atoms with Crippen LogP contribution in [0, 0.1) is 0 Å². The topological polar surface area (TPSA) is 51.6 Å². The van der Waals surface area contributed by atoms with E-state index in [2.05, 4.69) is 11.9 Å². The molecule has 4 nitrogen and oxygen atoms in total. The Morgan fingerprint density at radius 1 is 1.42 bits per heavy atom. The van der Waals surface area contributed by atoms with Gasteiger partial charge in [0.25, 0.3) is 0 Å². The summed E-state index contributed by atoms with van der Waals surface area (Å²) in [5.41, 5.74) is 7.15. The molecule has 0 amide bonds. The molecule has 0 radical (unpaired) electrons. The number of fused-ring (bicyclic) bond motifs is 1. The van der Waals surface area contributed by atoms with Crippen molar-refractivity contribution in [1.82, 2.24) is 4.90 Å². The van der Waals surface area contributed by atoms with E-state index in [0.29, 0.717) is 6.04 Å². The van der Waals surface area contributed by atoms with Crippen LogP contribution < -0.4 is 5.73 Å². The maximum absolute atomic E-state index is 6.25. The predicted octanol–water partition coefficient (Wildman–Crippen LogP) is 2.15. The molecule has 2 heterocycles. The highest BCUT2D eigenvalue weighted by Gasteiger charge is 2.23. The Labute approximate surface area is 113 Å². The number of para-hydroxylation sites is 1. The molecular formula is C15H20N2O2. The van der Waals surface area contributed by atoms with Crippen molar-refractivity contribution in [2.45, 2.75) is 18.5 Å². The minimum absolute atomic E-state index is 0.0991. The van der Waals surface area contributed by atoms with E-state index in [9.17, 15) is 0 Å². The molecule has 2 atom stereocenters. The van der Waals surface area contributed by atoms with Gasteiger partial charge < -0.3 is 14.9 Å². The van der Waals surface area contributed by atoms with Crippen LogP contribution in [-0.4, -0.2) is 37.7 Å². The van der Waals surface area contributed by atoms with Crippen molar-refractivity contribution in [3.63, 3.8) is 0 Å². The average molecular weight is 260 g/mol. The first-order valence-corrected chi connectivity index (χ1v) is 6.76. The van der Waals surface area contributed by atoms with Crippen LogP contribution in [0.15, 0.2) is 34.7 Å². The third kappa shape index (κ3) is 2.66. The average Bonchev–Trinajstić information content (AvgIpc) is 3.07. The molecule has 2 unspecified atom stereocenters. The van der Waals surface area contributed by atoms with E-state index >= 15 is 0 Å². The van der Waals surface area contributed by atoms with Gasteiger partial charge in [0, 0.05) is 24.6 Å². The Kier molecular flexibility index (Phi) is 3.55. The second-order valence-electron chi connectivity index (χ2n) is 5.25. The lowest BCUT2D eigenvalue weighted by molar-refractivity contribution is 0.154. The zero-order chi connectivity index (χ0) is 13.2. The molecule has 0 bridgehead atoms. The van der Waals surface area contributed by atoms with Crippen LogP contribution in [0.1, 0.15) is 18.2 Å². The quantitative estimate of drug-likeness (QED) is 0.915. The highest BCUT2D eigenvalue weighted by atomic mass is 16.5. The lowest BCUT2D eigenvalue weighted by Gasteiger charge is -2.25. The first-order valence-electron chi connectivity index (χ1n) is 6.76. The van der Waals surface area contributed by atoms with Gasteiger partial charge in [-0.25, -0.2) is 0 Å². The summed E-state index contributed by atoms with van der Waals surface area (Å²) in [5, 5.41) is 1.11. The highest BCUT2D eigenvalue weighted by molar-refractivity contribution is 5.77. The summed E-state index contributed by atoms with van der Waals surface area (Å²) in [7, 11) is 2.10. The second kappa shape index (κ2) is 5.33. The molecule has 4 heteroatoms. The van der Waals surface area contributed by atoms with Gasteiger partial charge in [-0.15, -0.1) is 0 Å². The Morgan fingerprint density at radius 2 is 2.26 bits per heavy atom. The first kappa shape index (κ1) is 12.7. The summed E-state index contributed by atoms with van der Waals surface area (Å²) < 4.78 is 11.2. The third-order valence-electron chi connectivity index (χ3n) is 3.82. The molecule has 3 rings (SSSR count). The third-order valence-corrected chi connectivity index (χ3v) is 3.82. The maximum Gasteiger partial charge on any atom is 0.134 e. The van der Waals surface area contributed by atoms with E-state index in [1.54, 1.807) is 0 Å². The SMILES string of the molecule is CN(CC(N)c1cc2ccccc2o1)C1CCOC1. The van der Waals surface area contributed by atoms with Gasteiger partial charge in [-0.05, 0) is 25.6 Å². The second-order valence-corrected chi connectivity index (χ2v) is 5.25. The van der Waals surface area contributed by atoms with Crippen molar-refractivity contribution in [1.29, 1.82) is 0 Å². The van der Waals surface area contributed by atoms with Crippen LogP contribution in [0.3, 0.4) is 0 Å². The number of hydrogen-bond acceptors (Lipinski definition) is 4. The van der Waals surface area contributed by atoms with Gasteiger partial charge in [0.05, 0.1) is 12.6 Å². The lowest BCUT2D eigenvalue weighted by Crippen LogP contribution is -2.37. The number of furan rings is 1. The van der Waals surface area contributed by atoms with Crippen LogP contribution >= 0.6 is 0 Å². The molecule has 2 N–H and O–H groups in total. The molecule has 0 aliphatic carbocycles. The normalized spacial score (nSPS) is 21.3. The number of likely N-dealkylation sites (N-methyl/N-ethyl adjacent to an activating group) is 1. The minimum atomic E-state index is -0.0991. The smallest absolute Gasteiger partial charge is 0.134 e. The van der Waals surface area contributed by atoms with Crippen molar-refractivity contribution < 1.29 is 9.15 Å². The highest BCUT2D eigenvalue weighted by Crippen LogP contribution is 2.23. The fourth-order valence-electron chi connectivity index (χ4n) is 2.60. The molecular weight excluding hydrogens is 240 g/mol. The molecule has 0 spiro atoms. The summed E-state index contributed by atoms with van der Waals surface area (Å²) >= 11 is 0. The first-order chi connectivity index (χ1) is 9.24. The van der Waals surface area contributed by atoms with Crippen LogP contribution in [0.4, 0.5) is 0 Å².